The minimum absolute atomic E-state index is 0.0951. The average molecular weight is 475 g/mol. The van der Waals surface area contributed by atoms with Gasteiger partial charge in [0, 0.05) is 38.9 Å². The molecule has 1 saturated heterocycles. The van der Waals surface area contributed by atoms with Crippen LogP contribution < -0.4 is 10.1 Å². The third kappa shape index (κ3) is 8.37. The molecule has 0 aromatic heterocycles. The molecular formula is C27H36F2N2O3. The molecule has 1 aliphatic heterocycles. The predicted octanol–water partition coefficient (Wildman–Crippen LogP) is 4.86. The van der Waals surface area contributed by atoms with Gasteiger partial charge in [0.15, 0.2) is 17.7 Å². The molecule has 1 aliphatic rings. The van der Waals surface area contributed by atoms with E-state index in [4.69, 9.17) is 9.47 Å². The fourth-order valence-electron chi connectivity index (χ4n) is 4.07. The highest BCUT2D eigenvalue weighted by Gasteiger charge is 2.27. The van der Waals surface area contributed by atoms with Crippen LogP contribution in [0.4, 0.5) is 8.78 Å². The Morgan fingerprint density at radius 1 is 1.21 bits per heavy atom. The second-order valence-electron chi connectivity index (χ2n) is 9.47. The molecule has 0 bridgehead atoms. The molecule has 0 radical (unpaired) electrons. The van der Waals surface area contributed by atoms with E-state index in [9.17, 15) is 13.6 Å². The predicted molar refractivity (Wildman–Crippen MR) is 129 cm³/mol. The number of nitrogens with zero attached hydrogens (tertiary/aromatic N) is 1. The molecule has 34 heavy (non-hydrogen) atoms. The van der Waals surface area contributed by atoms with E-state index in [1.54, 1.807) is 0 Å². The van der Waals surface area contributed by atoms with Gasteiger partial charge in [-0.25, -0.2) is 8.78 Å². The van der Waals surface area contributed by atoms with E-state index in [-0.39, 0.29) is 17.8 Å². The van der Waals surface area contributed by atoms with Gasteiger partial charge < -0.3 is 14.8 Å². The van der Waals surface area contributed by atoms with E-state index in [0.717, 1.165) is 49.1 Å². The summed E-state index contributed by atoms with van der Waals surface area (Å²) in [6.07, 6.45) is 2.04. The van der Waals surface area contributed by atoms with E-state index in [1.807, 2.05) is 19.1 Å². The first-order chi connectivity index (χ1) is 16.3. The summed E-state index contributed by atoms with van der Waals surface area (Å²) in [7, 11) is 0. The number of aryl methyl sites for hydroxylation is 1. The van der Waals surface area contributed by atoms with Gasteiger partial charge in [-0.3, -0.25) is 9.69 Å². The van der Waals surface area contributed by atoms with Gasteiger partial charge in [0.05, 0.1) is 6.10 Å². The van der Waals surface area contributed by atoms with E-state index >= 15 is 0 Å². The zero-order valence-electron chi connectivity index (χ0n) is 20.4. The molecule has 0 aliphatic carbocycles. The first-order valence-electron chi connectivity index (χ1n) is 12.1. The molecule has 1 amide bonds. The summed E-state index contributed by atoms with van der Waals surface area (Å²) in [5.41, 5.74) is 2.29. The smallest absolute Gasteiger partial charge is 0.262 e. The van der Waals surface area contributed by atoms with Crippen molar-refractivity contribution in [3.05, 3.63) is 65.2 Å². The number of halogens is 2. The lowest BCUT2D eigenvalue weighted by Gasteiger charge is -2.29. The van der Waals surface area contributed by atoms with Crippen molar-refractivity contribution in [3.8, 4) is 5.75 Å². The molecule has 5 nitrogen and oxygen atoms in total. The fourth-order valence-corrected chi connectivity index (χ4v) is 4.07. The van der Waals surface area contributed by atoms with Gasteiger partial charge in [-0.1, -0.05) is 43.7 Å². The molecule has 1 heterocycles. The Kier molecular flexibility index (Phi) is 9.84. The Morgan fingerprint density at radius 3 is 2.71 bits per heavy atom. The van der Waals surface area contributed by atoms with Gasteiger partial charge in [-0.15, -0.1) is 0 Å². The second kappa shape index (κ2) is 12.8. The topological polar surface area (TPSA) is 50.8 Å². The summed E-state index contributed by atoms with van der Waals surface area (Å²) >= 11 is 0. The van der Waals surface area contributed by atoms with Crippen LogP contribution in [0.15, 0.2) is 42.5 Å². The van der Waals surface area contributed by atoms with Crippen LogP contribution in [-0.2, 0) is 16.1 Å². The number of hydrogen-bond acceptors (Lipinski definition) is 4. The van der Waals surface area contributed by atoms with Crippen LogP contribution in [0.25, 0.3) is 0 Å². The molecule has 2 aromatic carbocycles. The molecule has 0 spiro atoms. The molecular weight excluding hydrogens is 438 g/mol. The van der Waals surface area contributed by atoms with Crippen LogP contribution in [0.2, 0.25) is 0 Å². The largest absolute Gasteiger partial charge is 0.479 e. The highest BCUT2D eigenvalue weighted by Crippen LogP contribution is 2.20. The molecule has 3 rings (SSSR count). The Hall–Kier alpha value is -2.51. The van der Waals surface area contributed by atoms with Gasteiger partial charge in [0.2, 0.25) is 0 Å². The number of benzene rings is 2. The third-order valence-corrected chi connectivity index (χ3v) is 5.88. The summed E-state index contributed by atoms with van der Waals surface area (Å²) in [4.78, 5) is 15.2. The summed E-state index contributed by atoms with van der Waals surface area (Å²) in [6.45, 7) is 9.07. The molecule has 186 valence electrons. The number of carbonyl (C=O) groups excluding carboxylic acids is 1. The van der Waals surface area contributed by atoms with Crippen LogP contribution in [-0.4, -0.2) is 49.3 Å². The van der Waals surface area contributed by atoms with Gasteiger partial charge in [-0.05, 0) is 49.8 Å². The van der Waals surface area contributed by atoms with Gasteiger partial charge >= 0.3 is 0 Å². The van der Waals surface area contributed by atoms with Crippen LogP contribution >= 0.6 is 0 Å². The van der Waals surface area contributed by atoms with Crippen molar-refractivity contribution in [1.29, 1.82) is 0 Å². The second-order valence-corrected chi connectivity index (χ2v) is 9.47. The van der Waals surface area contributed by atoms with Crippen molar-refractivity contribution >= 4 is 5.91 Å². The number of nitrogens with one attached hydrogen (secondary N) is 1. The van der Waals surface area contributed by atoms with Crippen LogP contribution in [0.3, 0.4) is 0 Å². The Morgan fingerprint density at radius 2 is 2.03 bits per heavy atom. The summed E-state index contributed by atoms with van der Waals surface area (Å²) < 4.78 is 39.0. The minimum Gasteiger partial charge on any atom is -0.479 e. The van der Waals surface area contributed by atoms with Crippen molar-refractivity contribution in [3.63, 3.8) is 0 Å². The maximum absolute atomic E-state index is 13.8. The minimum atomic E-state index is -1.01. The van der Waals surface area contributed by atoms with Gasteiger partial charge in [0.1, 0.15) is 5.75 Å². The summed E-state index contributed by atoms with van der Waals surface area (Å²) in [5, 5.41) is 2.94. The van der Waals surface area contributed by atoms with Gasteiger partial charge in [-0.2, -0.15) is 0 Å². The van der Waals surface area contributed by atoms with Crippen LogP contribution in [0.1, 0.15) is 44.2 Å². The first-order valence-corrected chi connectivity index (χ1v) is 12.1. The zero-order valence-corrected chi connectivity index (χ0v) is 20.4. The number of ether oxygens (including phenoxy) is 2. The number of carbonyl (C=O) groups is 1. The molecule has 7 heteroatoms. The van der Waals surface area contributed by atoms with E-state index in [0.29, 0.717) is 32.1 Å². The molecule has 2 atom stereocenters. The quantitative estimate of drug-likeness (QED) is 0.477. The summed E-state index contributed by atoms with van der Waals surface area (Å²) in [5.74, 6) is -1.66. The lowest BCUT2D eigenvalue weighted by Crippen LogP contribution is -2.47. The normalized spacial score (nSPS) is 16.7. The van der Waals surface area contributed by atoms with E-state index in [1.165, 1.54) is 6.07 Å². The van der Waals surface area contributed by atoms with Crippen molar-refractivity contribution in [2.45, 2.75) is 58.8 Å². The first kappa shape index (κ1) is 26.1. The molecule has 2 aromatic rings. The maximum Gasteiger partial charge on any atom is 0.262 e. The van der Waals surface area contributed by atoms with E-state index in [2.05, 4.69) is 36.2 Å². The third-order valence-electron chi connectivity index (χ3n) is 5.88. The number of amides is 1. The van der Waals surface area contributed by atoms with Crippen molar-refractivity contribution in [2.75, 3.05) is 26.2 Å². The average Bonchev–Trinajstić information content (AvgIpc) is 3.28. The molecule has 0 saturated carbocycles. The SMILES string of the molecule is Cc1cccc(CN(CC2CCCO2)CC(Oc2ccc(F)c(F)c2)C(=O)NCCC(C)C)c1. The molecule has 1 fully saturated rings. The number of hydrogen-bond donors (Lipinski definition) is 1. The highest BCUT2D eigenvalue weighted by molar-refractivity contribution is 5.81. The monoisotopic (exact) mass is 474 g/mol. The Balaban J connectivity index is 1.78. The highest BCUT2D eigenvalue weighted by atomic mass is 19.2. The van der Waals surface area contributed by atoms with Crippen molar-refractivity contribution < 1.29 is 23.0 Å². The Bertz CT molecular complexity index is 932. The Labute approximate surface area is 201 Å². The van der Waals surface area contributed by atoms with Crippen molar-refractivity contribution in [2.24, 2.45) is 5.92 Å². The lowest BCUT2D eigenvalue weighted by atomic mass is 10.1. The fraction of sp³-hybridized carbons (Fsp3) is 0.519. The van der Waals surface area contributed by atoms with E-state index < -0.39 is 17.7 Å². The molecule has 1 N–H and O–H groups in total. The standard InChI is InChI=1S/C27H36F2N2O3/c1-19(2)11-12-30-27(32)26(34-22-9-10-24(28)25(29)15-22)18-31(17-23-8-5-13-33-23)16-21-7-4-6-20(3)14-21/h4,6-7,9-10,14-15,19,23,26H,5,8,11-13,16-18H2,1-3H3,(H,30,32). The van der Waals surface area contributed by atoms with Crippen LogP contribution in [0, 0.1) is 24.5 Å². The molecule has 2 unspecified atom stereocenters. The number of rotatable bonds is 12. The van der Waals surface area contributed by atoms with Crippen LogP contribution in [0.5, 0.6) is 5.75 Å². The van der Waals surface area contributed by atoms with Gasteiger partial charge in [0.25, 0.3) is 5.91 Å². The zero-order chi connectivity index (χ0) is 24.5. The lowest BCUT2D eigenvalue weighted by molar-refractivity contribution is -0.129. The maximum atomic E-state index is 13.8. The van der Waals surface area contributed by atoms with Crippen molar-refractivity contribution in [1.82, 2.24) is 10.2 Å². The summed E-state index contributed by atoms with van der Waals surface area (Å²) in [6, 6.07) is 11.6.